The van der Waals surface area contributed by atoms with Crippen molar-refractivity contribution in [3.8, 4) is 0 Å². The number of fused-ring (bicyclic) bond motifs is 1. The highest BCUT2D eigenvalue weighted by Crippen LogP contribution is 2.21. The summed E-state index contributed by atoms with van der Waals surface area (Å²) in [4.78, 5) is 23.9. The number of hydrogen-bond acceptors (Lipinski definition) is 3. The molecular formula is C19H18ClN3O3. The van der Waals surface area contributed by atoms with Crippen LogP contribution in [0.4, 0.5) is 5.69 Å². The van der Waals surface area contributed by atoms with Gasteiger partial charge in [-0.2, -0.15) is 0 Å². The summed E-state index contributed by atoms with van der Waals surface area (Å²) >= 11 is 5.94. The fraction of sp³-hybridized carbons (Fsp3) is 0.158. The van der Waals surface area contributed by atoms with Crippen molar-refractivity contribution in [2.75, 3.05) is 11.9 Å². The van der Waals surface area contributed by atoms with E-state index in [4.69, 9.17) is 11.6 Å². The molecule has 1 heterocycles. The van der Waals surface area contributed by atoms with Gasteiger partial charge in [0.15, 0.2) is 0 Å². The fourth-order valence-corrected chi connectivity index (χ4v) is 2.82. The molecule has 0 saturated heterocycles. The summed E-state index contributed by atoms with van der Waals surface area (Å²) in [6, 6.07) is 14.1. The Morgan fingerprint density at radius 2 is 1.92 bits per heavy atom. The van der Waals surface area contributed by atoms with E-state index < -0.39 is 17.9 Å². The van der Waals surface area contributed by atoms with Gasteiger partial charge in [0.2, 0.25) is 0 Å². The average Bonchev–Trinajstić information content (AvgIpc) is 3.01. The third kappa shape index (κ3) is 3.87. The second-order valence-corrected chi connectivity index (χ2v) is 6.31. The Morgan fingerprint density at radius 1 is 1.15 bits per heavy atom. The van der Waals surface area contributed by atoms with Crippen molar-refractivity contribution < 1.29 is 14.7 Å². The molecule has 2 amide bonds. The van der Waals surface area contributed by atoms with Crippen LogP contribution in [-0.2, 0) is 16.6 Å². The Bertz CT molecular complexity index is 968. The lowest BCUT2D eigenvalue weighted by molar-refractivity contribution is -0.136. The van der Waals surface area contributed by atoms with Crippen LogP contribution >= 0.6 is 11.6 Å². The molecule has 6 nitrogen and oxygen atoms in total. The number of carbonyl (C=O) groups is 2. The Kier molecular flexibility index (Phi) is 5.25. The number of nitrogens with zero attached hydrogens (tertiary/aromatic N) is 1. The number of halogens is 1. The van der Waals surface area contributed by atoms with E-state index in [0.717, 1.165) is 10.9 Å². The smallest absolute Gasteiger partial charge is 0.313 e. The normalized spacial score (nSPS) is 12.0. The van der Waals surface area contributed by atoms with Gasteiger partial charge in [0.1, 0.15) is 0 Å². The summed E-state index contributed by atoms with van der Waals surface area (Å²) in [5.74, 6) is -1.69. The molecular weight excluding hydrogens is 354 g/mol. The number of aryl methyl sites for hydroxylation is 1. The maximum absolute atomic E-state index is 11.9. The zero-order valence-corrected chi connectivity index (χ0v) is 14.8. The third-order valence-electron chi connectivity index (χ3n) is 4.08. The van der Waals surface area contributed by atoms with Crippen LogP contribution in [0.25, 0.3) is 10.9 Å². The van der Waals surface area contributed by atoms with Gasteiger partial charge in [0.25, 0.3) is 0 Å². The van der Waals surface area contributed by atoms with E-state index in [0.29, 0.717) is 16.3 Å². The number of aliphatic hydroxyl groups is 1. The van der Waals surface area contributed by atoms with Crippen LogP contribution < -0.4 is 10.6 Å². The van der Waals surface area contributed by atoms with Crippen LogP contribution in [0.1, 0.15) is 11.7 Å². The third-order valence-corrected chi connectivity index (χ3v) is 4.41. The quantitative estimate of drug-likeness (QED) is 0.616. The summed E-state index contributed by atoms with van der Waals surface area (Å²) in [7, 11) is 1.94. The maximum Gasteiger partial charge on any atom is 0.313 e. The highest BCUT2D eigenvalue weighted by atomic mass is 35.5. The lowest BCUT2D eigenvalue weighted by atomic mass is 10.1. The van der Waals surface area contributed by atoms with Crippen LogP contribution in [0.5, 0.6) is 0 Å². The van der Waals surface area contributed by atoms with E-state index in [9.17, 15) is 14.7 Å². The predicted octanol–water partition coefficient (Wildman–Crippen LogP) is 2.62. The number of hydrogen-bond donors (Lipinski definition) is 3. The standard InChI is InChI=1S/C19H18ClN3O3/c1-23-9-8-12-10-13(6-7-16(12)23)17(24)11-21-18(25)19(26)22-15-5-3-2-4-14(15)20/h2-10,17,24H,11H2,1H3,(H,21,25)(H,22,26). The van der Waals surface area contributed by atoms with Crippen LogP contribution in [0.15, 0.2) is 54.7 Å². The average molecular weight is 372 g/mol. The summed E-state index contributed by atoms with van der Waals surface area (Å²) < 4.78 is 1.98. The second-order valence-electron chi connectivity index (χ2n) is 5.90. The van der Waals surface area contributed by atoms with Gasteiger partial charge in [-0.05, 0) is 41.3 Å². The van der Waals surface area contributed by atoms with Gasteiger partial charge in [-0.15, -0.1) is 0 Å². The first-order valence-electron chi connectivity index (χ1n) is 8.02. The van der Waals surface area contributed by atoms with Crippen molar-refractivity contribution in [3.63, 3.8) is 0 Å². The molecule has 134 valence electrons. The number of benzene rings is 2. The summed E-state index contributed by atoms with van der Waals surface area (Å²) in [5.41, 5.74) is 2.06. The molecule has 26 heavy (non-hydrogen) atoms. The molecule has 0 aliphatic rings. The molecule has 3 N–H and O–H groups in total. The fourth-order valence-electron chi connectivity index (χ4n) is 2.64. The van der Waals surface area contributed by atoms with Crippen molar-refractivity contribution in [1.29, 1.82) is 0 Å². The molecule has 2 aromatic carbocycles. The molecule has 1 atom stereocenters. The number of aromatic nitrogens is 1. The molecule has 0 fully saturated rings. The van der Waals surface area contributed by atoms with Gasteiger partial charge in [-0.25, -0.2) is 0 Å². The van der Waals surface area contributed by atoms with Crippen molar-refractivity contribution >= 4 is 40.0 Å². The van der Waals surface area contributed by atoms with E-state index in [2.05, 4.69) is 10.6 Å². The molecule has 1 aromatic heterocycles. The van der Waals surface area contributed by atoms with Crippen LogP contribution in [0, 0.1) is 0 Å². The first-order valence-corrected chi connectivity index (χ1v) is 8.40. The van der Waals surface area contributed by atoms with Crippen molar-refractivity contribution in [2.45, 2.75) is 6.10 Å². The molecule has 3 rings (SSSR count). The molecule has 0 aliphatic carbocycles. The first kappa shape index (κ1) is 18.0. The van der Waals surface area contributed by atoms with Gasteiger partial charge in [0, 0.05) is 25.3 Å². The second kappa shape index (κ2) is 7.59. The van der Waals surface area contributed by atoms with Crippen molar-refractivity contribution in [3.05, 3.63) is 65.3 Å². The van der Waals surface area contributed by atoms with Crippen LogP contribution in [0.3, 0.4) is 0 Å². The topological polar surface area (TPSA) is 83.4 Å². The monoisotopic (exact) mass is 371 g/mol. The molecule has 3 aromatic rings. The molecule has 0 saturated carbocycles. The van der Waals surface area contributed by atoms with Gasteiger partial charge >= 0.3 is 11.8 Å². The Morgan fingerprint density at radius 3 is 2.69 bits per heavy atom. The zero-order chi connectivity index (χ0) is 18.7. The van der Waals surface area contributed by atoms with Gasteiger partial charge in [0.05, 0.1) is 16.8 Å². The number of anilines is 1. The lowest BCUT2D eigenvalue weighted by Crippen LogP contribution is -2.37. The molecule has 0 bridgehead atoms. The Balaban J connectivity index is 1.59. The maximum atomic E-state index is 11.9. The first-order chi connectivity index (χ1) is 12.5. The van der Waals surface area contributed by atoms with E-state index in [1.807, 2.05) is 36.0 Å². The molecule has 0 radical (unpaired) electrons. The van der Waals surface area contributed by atoms with E-state index in [1.165, 1.54) is 0 Å². The van der Waals surface area contributed by atoms with Gasteiger partial charge in [-0.1, -0.05) is 29.8 Å². The molecule has 7 heteroatoms. The van der Waals surface area contributed by atoms with Crippen LogP contribution in [-0.4, -0.2) is 28.0 Å². The molecule has 0 spiro atoms. The SMILES string of the molecule is Cn1ccc2cc(C(O)CNC(=O)C(=O)Nc3ccccc3Cl)ccc21. The number of nitrogens with one attached hydrogen (secondary N) is 2. The summed E-state index contributed by atoms with van der Waals surface area (Å²) in [5, 5.41) is 16.5. The number of rotatable bonds is 4. The van der Waals surface area contributed by atoms with E-state index >= 15 is 0 Å². The summed E-state index contributed by atoms with van der Waals surface area (Å²) in [6.45, 7) is -0.0763. The van der Waals surface area contributed by atoms with Gasteiger partial charge < -0.3 is 20.3 Å². The van der Waals surface area contributed by atoms with E-state index in [1.54, 1.807) is 30.3 Å². The summed E-state index contributed by atoms with van der Waals surface area (Å²) in [6.07, 6.45) is 1.01. The van der Waals surface area contributed by atoms with Crippen molar-refractivity contribution in [1.82, 2.24) is 9.88 Å². The van der Waals surface area contributed by atoms with Crippen LogP contribution in [0.2, 0.25) is 5.02 Å². The number of carbonyl (C=O) groups excluding carboxylic acids is 2. The van der Waals surface area contributed by atoms with Gasteiger partial charge in [-0.3, -0.25) is 9.59 Å². The largest absolute Gasteiger partial charge is 0.387 e. The Hall–Kier alpha value is -2.83. The predicted molar refractivity (Wildman–Crippen MR) is 101 cm³/mol. The van der Waals surface area contributed by atoms with E-state index in [-0.39, 0.29) is 6.54 Å². The minimum Gasteiger partial charge on any atom is -0.387 e. The number of para-hydroxylation sites is 1. The highest BCUT2D eigenvalue weighted by molar-refractivity contribution is 6.41. The molecule has 1 unspecified atom stereocenters. The lowest BCUT2D eigenvalue weighted by Gasteiger charge is -2.13. The highest BCUT2D eigenvalue weighted by Gasteiger charge is 2.17. The number of amides is 2. The number of aliphatic hydroxyl groups excluding tert-OH is 1. The Labute approximate surface area is 155 Å². The zero-order valence-electron chi connectivity index (χ0n) is 14.1. The minimum atomic E-state index is -0.920. The van der Waals surface area contributed by atoms with Crippen molar-refractivity contribution in [2.24, 2.45) is 7.05 Å². The molecule has 0 aliphatic heterocycles. The minimum absolute atomic E-state index is 0.0763.